The summed E-state index contributed by atoms with van der Waals surface area (Å²) < 4.78 is 14.3. The second kappa shape index (κ2) is 7.73. The third-order valence-electron chi connectivity index (χ3n) is 3.59. The first-order valence-corrected chi connectivity index (χ1v) is 8.77. The van der Waals surface area contributed by atoms with Gasteiger partial charge in [0.15, 0.2) is 0 Å². The van der Waals surface area contributed by atoms with Crippen molar-refractivity contribution in [2.24, 2.45) is 5.73 Å². The molecule has 0 spiro atoms. The summed E-state index contributed by atoms with van der Waals surface area (Å²) >= 11 is 7.18. The summed E-state index contributed by atoms with van der Waals surface area (Å²) in [7, 11) is 0. The number of nitrogens with two attached hydrogens (primary N) is 1. The number of amides is 2. The van der Waals surface area contributed by atoms with Crippen LogP contribution in [0.15, 0.2) is 40.6 Å². The van der Waals surface area contributed by atoms with E-state index in [9.17, 15) is 14.4 Å². The predicted octanol–water partition coefficient (Wildman–Crippen LogP) is 4.74. The summed E-state index contributed by atoms with van der Waals surface area (Å²) in [6.45, 7) is 3.71. The van der Waals surface area contributed by atoms with Gasteiger partial charge in [0.1, 0.15) is 5.82 Å². The number of nitriles is 1. The number of hydrogen-bond acceptors (Lipinski definition) is 3. The van der Waals surface area contributed by atoms with Crippen LogP contribution >= 0.6 is 23.4 Å². The lowest BCUT2D eigenvalue weighted by atomic mass is 9.88. The van der Waals surface area contributed by atoms with E-state index in [0.717, 1.165) is 6.42 Å². The average molecular weight is 366 g/mol. The molecule has 2 N–H and O–H groups in total. The van der Waals surface area contributed by atoms with Crippen molar-refractivity contribution in [1.82, 2.24) is 4.90 Å². The van der Waals surface area contributed by atoms with Gasteiger partial charge in [-0.15, -0.1) is 11.8 Å². The quantitative estimate of drug-likeness (QED) is 0.837. The molecule has 24 heavy (non-hydrogen) atoms. The highest BCUT2D eigenvalue weighted by Gasteiger charge is 2.32. The molecule has 0 saturated heterocycles. The summed E-state index contributed by atoms with van der Waals surface area (Å²) in [6, 6.07) is 5.82. The maximum Gasteiger partial charge on any atom is 0.324 e. The van der Waals surface area contributed by atoms with Gasteiger partial charge in [-0.25, -0.2) is 9.18 Å². The summed E-state index contributed by atoms with van der Waals surface area (Å²) in [5, 5.41) is 10.4. The van der Waals surface area contributed by atoms with E-state index in [4.69, 9.17) is 17.3 Å². The minimum atomic E-state index is -0.662. The molecule has 0 aliphatic carbocycles. The second-order valence-corrected chi connectivity index (χ2v) is 6.82. The van der Waals surface area contributed by atoms with Gasteiger partial charge in [-0.05, 0) is 31.2 Å². The molecular formula is C17H17ClFN3OS. The topological polar surface area (TPSA) is 70.1 Å². The first kappa shape index (κ1) is 18.4. The van der Waals surface area contributed by atoms with Crippen LogP contribution in [0.3, 0.4) is 0 Å². The maximum absolute atomic E-state index is 14.3. The molecule has 4 nitrogen and oxygen atoms in total. The van der Waals surface area contributed by atoms with E-state index in [-0.39, 0.29) is 5.02 Å². The molecule has 1 atom stereocenters. The fourth-order valence-corrected chi connectivity index (χ4v) is 3.79. The average Bonchev–Trinajstić information content (AvgIpc) is 2.51. The van der Waals surface area contributed by atoms with Gasteiger partial charge in [-0.3, -0.25) is 4.90 Å². The first-order valence-electron chi connectivity index (χ1n) is 7.40. The molecule has 2 amide bonds. The summed E-state index contributed by atoms with van der Waals surface area (Å²) in [5.41, 5.74) is 6.68. The summed E-state index contributed by atoms with van der Waals surface area (Å²) in [4.78, 5) is 13.1. The van der Waals surface area contributed by atoms with Crippen LogP contribution in [-0.4, -0.2) is 16.7 Å². The Balaban J connectivity index is 2.61. The van der Waals surface area contributed by atoms with Crippen LogP contribution in [0.2, 0.25) is 5.02 Å². The van der Waals surface area contributed by atoms with Crippen molar-refractivity contribution in [3.63, 3.8) is 0 Å². The number of rotatable bonds is 4. The van der Waals surface area contributed by atoms with Gasteiger partial charge in [0.2, 0.25) is 0 Å². The van der Waals surface area contributed by atoms with Gasteiger partial charge in [-0.2, -0.15) is 5.26 Å². The molecule has 2 rings (SSSR count). The Morgan fingerprint density at radius 1 is 1.54 bits per heavy atom. The van der Waals surface area contributed by atoms with Gasteiger partial charge < -0.3 is 5.73 Å². The van der Waals surface area contributed by atoms with Crippen molar-refractivity contribution < 1.29 is 9.18 Å². The van der Waals surface area contributed by atoms with E-state index < -0.39 is 17.8 Å². The molecule has 126 valence electrons. The fraction of sp³-hybridized carbons (Fsp3) is 0.294. The van der Waals surface area contributed by atoms with Gasteiger partial charge in [0, 0.05) is 22.2 Å². The highest BCUT2D eigenvalue weighted by molar-refractivity contribution is 8.03. The Morgan fingerprint density at radius 3 is 2.79 bits per heavy atom. The van der Waals surface area contributed by atoms with Crippen molar-refractivity contribution in [2.45, 2.75) is 26.2 Å². The van der Waals surface area contributed by atoms with Crippen molar-refractivity contribution in [2.75, 3.05) is 5.75 Å². The van der Waals surface area contributed by atoms with Gasteiger partial charge >= 0.3 is 6.03 Å². The van der Waals surface area contributed by atoms with E-state index in [1.807, 2.05) is 6.92 Å². The van der Waals surface area contributed by atoms with E-state index in [1.165, 1.54) is 22.7 Å². The molecule has 1 unspecified atom stereocenters. The number of hydrogen-bond donors (Lipinski definition) is 1. The standard InChI is InChI=1S/C17H17ClFN3OS/c1-3-6-24-16-14(9-20)13(7-10(2)22(16)17(21)23)12-5-4-11(18)8-15(12)19/h4-5,7-8,13H,3,6H2,1-2H3,(H2,21,23). The SMILES string of the molecule is CCCSC1=C(C#N)C(c2ccc(Cl)cc2F)C=C(C)N1C(N)=O. The largest absolute Gasteiger partial charge is 0.351 e. The summed E-state index contributed by atoms with van der Waals surface area (Å²) in [6.07, 6.45) is 2.54. The molecule has 1 aliphatic rings. The van der Waals surface area contributed by atoms with Crippen LogP contribution < -0.4 is 5.73 Å². The Bertz CT molecular complexity index is 770. The van der Waals surface area contributed by atoms with E-state index in [2.05, 4.69) is 6.07 Å². The highest BCUT2D eigenvalue weighted by atomic mass is 35.5. The zero-order chi connectivity index (χ0) is 17.9. The third-order valence-corrected chi connectivity index (χ3v) is 5.11. The molecule has 1 heterocycles. The van der Waals surface area contributed by atoms with E-state index in [0.29, 0.717) is 27.6 Å². The minimum Gasteiger partial charge on any atom is -0.351 e. The van der Waals surface area contributed by atoms with Crippen molar-refractivity contribution in [1.29, 1.82) is 5.26 Å². The lowest BCUT2D eigenvalue weighted by Crippen LogP contribution is -2.36. The van der Waals surface area contributed by atoms with E-state index >= 15 is 0 Å². The van der Waals surface area contributed by atoms with Gasteiger partial charge in [0.25, 0.3) is 0 Å². The number of nitrogens with zero attached hydrogens (tertiary/aromatic N) is 2. The van der Waals surface area contributed by atoms with Crippen LogP contribution in [0.5, 0.6) is 0 Å². The molecule has 0 radical (unpaired) electrons. The van der Waals surface area contributed by atoms with Crippen LogP contribution in [0, 0.1) is 17.1 Å². The van der Waals surface area contributed by atoms with Crippen molar-refractivity contribution >= 4 is 29.4 Å². The molecule has 0 fully saturated rings. The van der Waals surface area contributed by atoms with Crippen molar-refractivity contribution in [3.05, 3.63) is 57.0 Å². The zero-order valence-corrected chi connectivity index (χ0v) is 14.9. The number of carbonyl (C=O) groups is 1. The maximum atomic E-state index is 14.3. The molecular weight excluding hydrogens is 349 g/mol. The van der Waals surface area contributed by atoms with Gasteiger partial charge in [-0.1, -0.05) is 30.7 Å². The minimum absolute atomic E-state index is 0.287. The number of carbonyl (C=O) groups excluding carboxylic acids is 1. The number of urea groups is 1. The lowest BCUT2D eigenvalue weighted by molar-refractivity contribution is 0.231. The number of benzene rings is 1. The predicted molar refractivity (Wildman–Crippen MR) is 94.7 cm³/mol. The fourth-order valence-electron chi connectivity index (χ4n) is 2.54. The summed E-state index contributed by atoms with van der Waals surface area (Å²) in [5.74, 6) is -0.355. The molecule has 7 heteroatoms. The van der Waals surface area contributed by atoms with Crippen molar-refractivity contribution in [3.8, 4) is 6.07 Å². The number of thioether (sulfide) groups is 1. The Labute approximate surface area is 149 Å². The molecule has 0 aromatic heterocycles. The normalized spacial score (nSPS) is 17.5. The number of allylic oxidation sites excluding steroid dienone is 3. The second-order valence-electron chi connectivity index (χ2n) is 5.30. The number of primary amides is 1. The van der Waals surface area contributed by atoms with Gasteiger partial charge in [0.05, 0.1) is 16.7 Å². The monoisotopic (exact) mass is 365 g/mol. The molecule has 0 saturated carbocycles. The van der Waals surface area contributed by atoms with Crippen LogP contribution in [0.1, 0.15) is 31.7 Å². The Morgan fingerprint density at radius 2 is 2.25 bits per heavy atom. The van der Waals surface area contributed by atoms with E-state index in [1.54, 1.807) is 25.1 Å². The van der Waals surface area contributed by atoms with Crippen LogP contribution in [-0.2, 0) is 0 Å². The lowest BCUT2D eigenvalue weighted by Gasteiger charge is -2.32. The molecule has 1 aromatic carbocycles. The first-order chi connectivity index (χ1) is 11.4. The van der Waals surface area contributed by atoms with Crippen LogP contribution in [0.4, 0.5) is 9.18 Å². The smallest absolute Gasteiger partial charge is 0.324 e. The Kier molecular flexibility index (Phi) is 5.92. The number of halogens is 2. The Hall–Kier alpha value is -1.97. The van der Waals surface area contributed by atoms with Crippen LogP contribution in [0.25, 0.3) is 0 Å². The zero-order valence-electron chi connectivity index (χ0n) is 13.3. The molecule has 0 bridgehead atoms. The third kappa shape index (κ3) is 3.58. The molecule has 1 aromatic rings. The highest BCUT2D eigenvalue weighted by Crippen LogP contribution is 2.41. The molecule has 1 aliphatic heterocycles.